The number of nitro groups is 4. The van der Waals surface area contributed by atoms with Crippen molar-refractivity contribution < 1.29 is 19.7 Å². The lowest BCUT2D eigenvalue weighted by Crippen LogP contribution is -2.15. The van der Waals surface area contributed by atoms with Gasteiger partial charge in [-0.15, -0.1) is 0 Å². The number of nitrogens with zero attached hydrogens (tertiary/aromatic N) is 9. The number of hydrogen-bond donors (Lipinski definition) is 0. The van der Waals surface area contributed by atoms with Crippen molar-refractivity contribution in [2.24, 2.45) is 0 Å². The molecule has 0 N–H and O–H groups in total. The fraction of sp³-hybridized carbons (Fsp3) is 0.0256. The zero-order chi connectivity index (χ0) is 65.4. The van der Waals surface area contributed by atoms with Gasteiger partial charge in [-0.3, -0.25) is 40.5 Å². The van der Waals surface area contributed by atoms with Gasteiger partial charge in [-0.25, -0.2) is 0 Å². The van der Waals surface area contributed by atoms with Crippen molar-refractivity contribution in [2.45, 2.75) is 13.8 Å². The van der Waals surface area contributed by atoms with Crippen molar-refractivity contribution in [2.75, 3.05) is 19.6 Å². The molecular weight excluding hydrogens is 1190 g/mol. The van der Waals surface area contributed by atoms with Gasteiger partial charge < -0.3 is 24.2 Å². The van der Waals surface area contributed by atoms with Crippen LogP contribution in [0, 0.1) is 47.4 Å². The van der Waals surface area contributed by atoms with Crippen LogP contribution in [-0.2, 0) is 0 Å². The molecule has 17 nitrogen and oxygen atoms in total. The van der Waals surface area contributed by atoms with Crippen LogP contribution in [-0.4, -0.2) is 24.3 Å². The van der Waals surface area contributed by atoms with Gasteiger partial charge in [0.25, 0.3) is 22.7 Å². The first-order chi connectivity index (χ1) is 46.2. The molecule has 0 saturated carbocycles. The minimum absolute atomic E-state index is 0.0953. The average Bonchev–Trinajstić information content (AvgIpc) is 1.60. The first-order valence-electron chi connectivity index (χ1n) is 30.4. The summed E-state index contributed by atoms with van der Waals surface area (Å²) in [5.41, 5.74) is 10.8. The molecule has 1 aromatic heterocycles. The number of fused-ring (bicyclic) bond motifs is 5. The van der Waals surface area contributed by atoms with E-state index in [9.17, 15) is 40.5 Å². The molecule has 0 radical (unpaired) electrons. The Morgan fingerprint density at radius 2 is 0.642 bits per heavy atom. The Balaban J connectivity index is 1.10. The summed E-state index contributed by atoms with van der Waals surface area (Å²) >= 11 is 0. The second-order valence-electron chi connectivity index (χ2n) is 22.8. The van der Waals surface area contributed by atoms with Crippen molar-refractivity contribution in [1.29, 1.82) is 0 Å². The lowest BCUT2D eigenvalue weighted by molar-refractivity contribution is -0.385. The third kappa shape index (κ3) is 11.5. The van der Waals surface area contributed by atoms with Crippen LogP contribution < -0.4 is 19.6 Å². The Morgan fingerprint density at radius 1 is 0.305 bits per heavy atom. The summed E-state index contributed by atoms with van der Waals surface area (Å²) in [7, 11) is 0. The number of non-ortho nitro benzene ring substituents is 4. The molecule has 17 heteroatoms. The average molecular weight is 1250 g/mol. The number of allylic oxidation sites excluding steroid dienone is 1. The van der Waals surface area contributed by atoms with Crippen molar-refractivity contribution in [3.63, 3.8) is 0 Å². The van der Waals surface area contributed by atoms with Crippen LogP contribution in [0.2, 0.25) is 0 Å². The number of hydrogen-bond acceptors (Lipinski definition) is 12. The van der Waals surface area contributed by atoms with E-state index in [-0.39, 0.29) is 22.7 Å². The number of rotatable bonds is 18. The fourth-order valence-corrected chi connectivity index (χ4v) is 12.6. The highest BCUT2D eigenvalue weighted by Crippen LogP contribution is 2.48. The molecule has 0 atom stereocenters. The van der Waals surface area contributed by atoms with E-state index in [2.05, 4.69) is 22.8 Å². The standard InChI is InChI=1S/C78H55N9O8/c1-3-15-55-40-63(33-30-52(55)2)80(60-23-12-27-69(44-60)85(90)91)67-37-39-78-76(51-67)75-50-66(79(58-20-5-4-6-21-58)59-22-11-26-68(43-59)84(88)89)36-38-77(75)83(78)74-48-72(81(61-24-13-28-70(45-61)86(92)93)64-34-31-53-16-7-9-18-56(53)41-64)47-73(49-74)82(62-25-14-29-71(46-62)87(94)95)65-35-32-54-17-8-10-19-57(54)42-65/h3-51H,1-2H3/b15-3-. The smallest absolute Gasteiger partial charge is 0.271 e. The van der Waals surface area contributed by atoms with E-state index in [4.69, 9.17) is 0 Å². The summed E-state index contributed by atoms with van der Waals surface area (Å²) in [5, 5.41) is 55.8. The van der Waals surface area contributed by atoms with E-state index in [1.54, 1.807) is 30.3 Å². The monoisotopic (exact) mass is 1250 g/mol. The maximum absolute atomic E-state index is 12.8. The summed E-state index contributed by atoms with van der Waals surface area (Å²) in [5.74, 6) is 0. The normalized spacial score (nSPS) is 11.3. The molecule has 0 fully saturated rings. The molecule has 0 aliphatic heterocycles. The topological polar surface area (TPSA) is 190 Å². The maximum Gasteiger partial charge on any atom is 0.271 e. The van der Waals surface area contributed by atoms with E-state index in [0.29, 0.717) is 73.6 Å². The first kappa shape index (κ1) is 59.3. The Bertz CT molecular complexity index is 5280. The summed E-state index contributed by atoms with van der Waals surface area (Å²) in [4.78, 5) is 56.8. The minimum atomic E-state index is -0.424. The zero-order valence-corrected chi connectivity index (χ0v) is 51.1. The SMILES string of the molecule is C/C=C\c1cc(N(c2cccc([N+](=O)[O-])c2)c2ccc3c(c2)c2cc(N(c4ccccc4)c4cccc([N+](=O)[O-])c4)ccc2n3-c2cc(N(c3cccc([N+](=O)[O-])c3)c3ccc4ccccc4c3)cc(N(c3cccc([N+](=O)[O-])c3)c3ccc4ccccc4c3)c2)ccc1C. The first-order valence-corrected chi connectivity index (χ1v) is 30.4. The van der Waals surface area contributed by atoms with Crippen molar-refractivity contribution in [1.82, 2.24) is 4.57 Å². The van der Waals surface area contributed by atoms with Crippen LogP contribution in [0.15, 0.2) is 291 Å². The highest BCUT2D eigenvalue weighted by molar-refractivity contribution is 6.12. The molecule has 0 amide bonds. The van der Waals surface area contributed by atoms with Gasteiger partial charge in [0.15, 0.2) is 0 Å². The maximum atomic E-state index is 12.8. The fourth-order valence-electron chi connectivity index (χ4n) is 12.6. The van der Waals surface area contributed by atoms with E-state index in [0.717, 1.165) is 54.8 Å². The van der Waals surface area contributed by atoms with Gasteiger partial charge in [-0.2, -0.15) is 0 Å². The predicted octanol–water partition coefficient (Wildman–Crippen LogP) is 21.9. The minimum Gasteiger partial charge on any atom is -0.310 e. The molecule has 13 aromatic carbocycles. The molecule has 0 spiro atoms. The lowest BCUT2D eigenvalue weighted by Gasteiger charge is -2.30. The summed E-state index contributed by atoms with van der Waals surface area (Å²) in [6.07, 6.45) is 3.98. The number of nitro benzene ring substituents is 4. The summed E-state index contributed by atoms with van der Waals surface area (Å²) in [6.45, 7) is 3.97. The van der Waals surface area contributed by atoms with Crippen LogP contribution in [0.5, 0.6) is 0 Å². The number of aryl methyl sites for hydroxylation is 1. The molecule has 0 bridgehead atoms. The summed E-state index contributed by atoms with van der Waals surface area (Å²) < 4.78 is 2.14. The predicted molar refractivity (Wildman–Crippen MR) is 381 cm³/mol. The van der Waals surface area contributed by atoms with Crippen LogP contribution in [0.4, 0.5) is 91.0 Å². The third-order valence-electron chi connectivity index (χ3n) is 17.0. The van der Waals surface area contributed by atoms with E-state index < -0.39 is 19.7 Å². The molecular formula is C78H55N9O8. The number of anilines is 12. The molecule has 0 saturated heterocycles. The van der Waals surface area contributed by atoms with Crippen LogP contribution in [0.1, 0.15) is 18.1 Å². The Hall–Kier alpha value is -13.3. The zero-order valence-electron chi connectivity index (χ0n) is 51.1. The van der Waals surface area contributed by atoms with E-state index in [1.165, 1.54) is 42.5 Å². The van der Waals surface area contributed by atoms with E-state index >= 15 is 0 Å². The molecule has 1 heterocycles. The van der Waals surface area contributed by atoms with Gasteiger partial charge in [0.1, 0.15) is 0 Å². The molecule has 460 valence electrons. The molecule has 0 unspecified atom stereocenters. The number of para-hydroxylation sites is 1. The summed E-state index contributed by atoms with van der Waals surface area (Å²) in [6, 6.07) is 87.6. The van der Waals surface area contributed by atoms with Gasteiger partial charge in [0.05, 0.1) is 70.5 Å². The molecule has 14 rings (SSSR count). The van der Waals surface area contributed by atoms with Gasteiger partial charge in [-0.05, 0) is 174 Å². The van der Waals surface area contributed by atoms with E-state index in [1.807, 2.05) is 240 Å². The van der Waals surface area contributed by atoms with Crippen LogP contribution in [0.3, 0.4) is 0 Å². The molecule has 14 aromatic rings. The lowest BCUT2D eigenvalue weighted by atomic mass is 10.0. The highest BCUT2D eigenvalue weighted by atomic mass is 16.6. The Morgan fingerprint density at radius 3 is 1.06 bits per heavy atom. The van der Waals surface area contributed by atoms with Gasteiger partial charge in [0.2, 0.25) is 0 Å². The second kappa shape index (κ2) is 24.8. The Labute approximate surface area is 544 Å². The Kier molecular flexibility index (Phi) is 15.5. The van der Waals surface area contributed by atoms with Gasteiger partial charge >= 0.3 is 0 Å². The molecule has 0 aliphatic rings. The third-order valence-corrected chi connectivity index (χ3v) is 17.0. The van der Waals surface area contributed by atoms with Crippen molar-refractivity contribution >= 4 is 140 Å². The largest absolute Gasteiger partial charge is 0.310 e. The second-order valence-corrected chi connectivity index (χ2v) is 22.8. The van der Waals surface area contributed by atoms with Gasteiger partial charge in [0, 0.05) is 93.4 Å². The quantitative estimate of drug-likeness (QED) is 0.0584. The van der Waals surface area contributed by atoms with Crippen molar-refractivity contribution in [3.8, 4) is 5.69 Å². The molecule has 0 aliphatic carbocycles. The highest BCUT2D eigenvalue weighted by Gasteiger charge is 2.27. The van der Waals surface area contributed by atoms with Gasteiger partial charge in [-0.1, -0.05) is 121 Å². The molecule has 95 heavy (non-hydrogen) atoms. The van der Waals surface area contributed by atoms with Crippen LogP contribution in [0.25, 0.3) is 55.1 Å². The van der Waals surface area contributed by atoms with Crippen LogP contribution >= 0.6 is 0 Å². The van der Waals surface area contributed by atoms with Crippen molar-refractivity contribution in [3.05, 3.63) is 343 Å². The number of aromatic nitrogens is 1. The number of benzene rings is 13.